The average molecular weight is 299 g/mol. The van der Waals surface area contributed by atoms with Gasteiger partial charge in [-0.25, -0.2) is 18.4 Å². The molecule has 1 heterocycles. The van der Waals surface area contributed by atoms with E-state index in [2.05, 4.69) is 9.97 Å². The van der Waals surface area contributed by atoms with Gasteiger partial charge in [0.15, 0.2) is 0 Å². The first-order valence-electron chi connectivity index (χ1n) is 5.23. The molecule has 2 aromatic rings. The zero-order valence-electron chi connectivity index (χ0n) is 9.99. The molecule has 0 atom stereocenters. The SMILES string of the molecule is CN(c1cc(Cl)ncn1)S(=O)(=O)c1ccc(N)cc1. The predicted octanol–water partition coefficient (Wildman–Crippen LogP) is 1.54. The van der Waals surface area contributed by atoms with Crippen LogP contribution in [0.5, 0.6) is 0 Å². The third kappa shape index (κ3) is 2.77. The van der Waals surface area contributed by atoms with Crippen molar-refractivity contribution in [3.05, 3.63) is 41.8 Å². The molecule has 1 aromatic heterocycles. The summed E-state index contributed by atoms with van der Waals surface area (Å²) < 4.78 is 25.7. The van der Waals surface area contributed by atoms with E-state index in [4.69, 9.17) is 17.3 Å². The summed E-state index contributed by atoms with van der Waals surface area (Å²) in [4.78, 5) is 7.70. The van der Waals surface area contributed by atoms with Crippen molar-refractivity contribution in [2.45, 2.75) is 4.90 Å². The van der Waals surface area contributed by atoms with Crippen LogP contribution in [0.1, 0.15) is 0 Å². The molecule has 0 saturated heterocycles. The molecule has 0 spiro atoms. The summed E-state index contributed by atoms with van der Waals surface area (Å²) in [5, 5.41) is 0.171. The van der Waals surface area contributed by atoms with Gasteiger partial charge >= 0.3 is 0 Å². The summed E-state index contributed by atoms with van der Waals surface area (Å²) in [6.07, 6.45) is 1.20. The zero-order chi connectivity index (χ0) is 14.0. The number of rotatable bonds is 3. The molecule has 0 aliphatic heterocycles. The van der Waals surface area contributed by atoms with Gasteiger partial charge in [0.25, 0.3) is 10.0 Å². The lowest BCUT2D eigenvalue weighted by atomic mass is 10.3. The van der Waals surface area contributed by atoms with Gasteiger partial charge in [0, 0.05) is 18.8 Å². The Morgan fingerprint density at radius 1 is 1.21 bits per heavy atom. The first kappa shape index (κ1) is 13.6. The predicted molar refractivity (Wildman–Crippen MR) is 73.5 cm³/mol. The summed E-state index contributed by atoms with van der Waals surface area (Å²) in [6.45, 7) is 0. The van der Waals surface area contributed by atoms with Crippen LogP contribution in [0, 0.1) is 0 Å². The molecule has 0 radical (unpaired) electrons. The molecule has 8 heteroatoms. The van der Waals surface area contributed by atoms with Crippen LogP contribution in [0.4, 0.5) is 11.5 Å². The third-order valence-corrected chi connectivity index (χ3v) is 4.46. The van der Waals surface area contributed by atoms with Crippen molar-refractivity contribution in [2.75, 3.05) is 17.1 Å². The fourth-order valence-electron chi connectivity index (χ4n) is 1.42. The molecule has 6 nitrogen and oxygen atoms in total. The largest absolute Gasteiger partial charge is 0.399 e. The standard InChI is InChI=1S/C11H11ClN4O2S/c1-16(11-6-10(12)14-7-15-11)19(17,18)9-4-2-8(13)3-5-9/h2-7H,13H2,1H3. The molecule has 2 rings (SSSR count). The topological polar surface area (TPSA) is 89.2 Å². The number of benzene rings is 1. The van der Waals surface area contributed by atoms with Crippen molar-refractivity contribution in [3.63, 3.8) is 0 Å². The van der Waals surface area contributed by atoms with E-state index in [1.165, 1.54) is 43.7 Å². The van der Waals surface area contributed by atoms with Crippen molar-refractivity contribution >= 4 is 33.1 Å². The Morgan fingerprint density at radius 3 is 2.42 bits per heavy atom. The normalized spacial score (nSPS) is 11.3. The molecule has 0 aliphatic rings. The number of nitrogens with zero attached hydrogens (tertiary/aromatic N) is 3. The maximum Gasteiger partial charge on any atom is 0.265 e. The van der Waals surface area contributed by atoms with Crippen LogP contribution in [-0.4, -0.2) is 25.4 Å². The van der Waals surface area contributed by atoms with Crippen LogP contribution in [0.3, 0.4) is 0 Å². The highest BCUT2D eigenvalue weighted by molar-refractivity contribution is 7.92. The van der Waals surface area contributed by atoms with Crippen LogP contribution in [-0.2, 0) is 10.0 Å². The van der Waals surface area contributed by atoms with E-state index in [0.29, 0.717) is 5.69 Å². The summed E-state index contributed by atoms with van der Waals surface area (Å²) in [5.74, 6) is 0.192. The van der Waals surface area contributed by atoms with Gasteiger partial charge in [-0.3, -0.25) is 4.31 Å². The molecule has 2 N–H and O–H groups in total. The van der Waals surface area contributed by atoms with Gasteiger partial charge < -0.3 is 5.73 Å². The van der Waals surface area contributed by atoms with Crippen molar-refractivity contribution < 1.29 is 8.42 Å². The Balaban J connectivity index is 2.42. The van der Waals surface area contributed by atoms with Gasteiger partial charge in [0.05, 0.1) is 4.90 Å². The number of aromatic nitrogens is 2. The second-order valence-corrected chi connectivity index (χ2v) is 6.10. The van der Waals surface area contributed by atoms with E-state index in [-0.39, 0.29) is 15.9 Å². The number of halogens is 1. The van der Waals surface area contributed by atoms with E-state index in [0.717, 1.165) is 4.31 Å². The lowest BCUT2D eigenvalue weighted by molar-refractivity contribution is 0.594. The quantitative estimate of drug-likeness (QED) is 0.686. The monoisotopic (exact) mass is 298 g/mol. The Kier molecular flexibility index (Phi) is 3.59. The average Bonchev–Trinajstić information content (AvgIpc) is 2.38. The Morgan fingerprint density at radius 2 is 1.84 bits per heavy atom. The van der Waals surface area contributed by atoms with Gasteiger partial charge in [-0.05, 0) is 24.3 Å². The molecular formula is C11H11ClN4O2S. The van der Waals surface area contributed by atoms with Crippen LogP contribution >= 0.6 is 11.6 Å². The highest BCUT2D eigenvalue weighted by atomic mass is 35.5. The minimum absolute atomic E-state index is 0.124. The number of sulfonamides is 1. The van der Waals surface area contributed by atoms with Gasteiger partial charge in [0.1, 0.15) is 17.3 Å². The van der Waals surface area contributed by atoms with E-state index >= 15 is 0 Å². The summed E-state index contributed by atoms with van der Waals surface area (Å²) >= 11 is 5.72. The number of hydrogen-bond acceptors (Lipinski definition) is 5. The van der Waals surface area contributed by atoms with Crippen molar-refractivity contribution in [1.82, 2.24) is 9.97 Å². The zero-order valence-corrected chi connectivity index (χ0v) is 11.6. The first-order valence-corrected chi connectivity index (χ1v) is 7.05. The summed E-state index contributed by atoms with van der Waals surface area (Å²) in [7, 11) is -2.30. The molecular weight excluding hydrogens is 288 g/mol. The molecule has 0 saturated carbocycles. The summed E-state index contributed by atoms with van der Waals surface area (Å²) in [5.41, 5.74) is 6.02. The fourth-order valence-corrected chi connectivity index (χ4v) is 2.70. The maximum atomic E-state index is 12.3. The van der Waals surface area contributed by atoms with Gasteiger partial charge in [-0.15, -0.1) is 0 Å². The molecule has 0 bridgehead atoms. The minimum Gasteiger partial charge on any atom is -0.399 e. The van der Waals surface area contributed by atoms with Crippen LogP contribution in [0.15, 0.2) is 41.6 Å². The Hall–Kier alpha value is -1.86. The van der Waals surface area contributed by atoms with Crippen LogP contribution in [0.2, 0.25) is 5.15 Å². The molecule has 0 aliphatic carbocycles. The number of hydrogen-bond donors (Lipinski definition) is 1. The molecule has 19 heavy (non-hydrogen) atoms. The van der Waals surface area contributed by atoms with Gasteiger partial charge in [0.2, 0.25) is 0 Å². The van der Waals surface area contributed by atoms with E-state index < -0.39 is 10.0 Å². The van der Waals surface area contributed by atoms with Crippen molar-refractivity contribution in [1.29, 1.82) is 0 Å². The van der Waals surface area contributed by atoms with Gasteiger partial charge in [-0.2, -0.15) is 0 Å². The highest BCUT2D eigenvalue weighted by Gasteiger charge is 2.22. The molecule has 100 valence electrons. The van der Waals surface area contributed by atoms with Gasteiger partial charge in [-0.1, -0.05) is 11.6 Å². The van der Waals surface area contributed by atoms with Crippen LogP contribution < -0.4 is 10.0 Å². The summed E-state index contributed by atoms with van der Waals surface area (Å²) in [6, 6.07) is 7.28. The van der Waals surface area contributed by atoms with E-state index in [1.54, 1.807) is 0 Å². The van der Waals surface area contributed by atoms with E-state index in [9.17, 15) is 8.42 Å². The Bertz CT molecular complexity index is 688. The van der Waals surface area contributed by atoms with Crippen LogP contribution in [0.25, 0.3) is 0 Å². The number of anilines is 2. The highest BCUT2D eigenvalue weighted by Crippen LogP contribution is 2.21. The van der Waals surface area contributed by atoms with E-state index in [1.807, 2.05) is 0 Å². The Labute approximate surface area is 115 Å². The number of nitrogen functional groups attached to an aromatic ring is 1. The van der Waals surface area contributed by atoms with Crippen molar-refractivity contribution in [3.8, 4) is 0 Å². The minimum atomic E-state index is -3.70. The lowest BCUT2D eigenvalue weighted by Crippen LogP contribution is -2.27. The second kappa shape index (κ2) is 5.02. The first-order chi connectivity index (χ1) is 8.91. The maximum absolute atomic E-state index is 12.3. The molecule has 1 aromatic carbocycles. The molecule has 0 fully saturated rings. The second-order valence-electron chi connectivity index (χ2n) is 3.74. The molecule has 0 amide bonds. The smallest absolute Gasteiger partial charge is 0.265 e. The fraction of sp³-hybridized carbons (Fsp3) is 0.0909. The number of nitrogens with two attached hydrogens (primary N) is 1. The molecule has 0 unspecified atom stereocenters. The third-order valence-electron chi connectivity index (χ3n) is 2.48. The lowest BCUT2D eigenvalue weighted by Gasteiger charge is -2.18. The van der Waals surface area contributed by atoms with Crippen molar-refractivity contribution in [2.24, 2.45) is 0 Å².